The number of likely N-dealkylation sites (tertiary alicyclic amines) is 1. The fourth-order valence-electron chi connectivity index (χ4n) is 4.15. The Hall–Kier alpha value is -1.91. The lowest BCUT2D eigenvalue weighted by atomic mass is 9.74. The Labute approximate surface area is 143 Å². The van der Waals surface area contributed by atoms with Gasteiger partial charge in [0.05, 0.1) is 18.8 Å². The highest BCUT2D eigenvalue weighted by Gasteiger charge is 2.37. The molecule has 1 aliphatic carbocycles. The van der Waals surface area contributed by atoms with Gasteiger partial charge in [-0.2, -0.15) is 5.10 Å². The molecule has 0 radical (unpaired) electrons. The number of aliphatic hydroxyl groups excluding tert-OH is 1. The standard InChI is InChI=1S/C20H25N3O/c1-16-18(15-23(21-16)12-13-24)14-22-10-8-20(9-11-22)7-6-17-4-2-3-5-19(17)20/h2-7,15,24H,8-14H2,1H3. The van der Waals surface area contributed by atoms with Crippen molar-refractivity contribution in [1.29, 1.82) is 0 Å². The molecule has 1 fully saturated rings. The van der Waals surface area contributed by atoms with Crippen molar-refractivity contribution < 1.29 is 5.11 Å². The van der Waals surface area contributed by atoms with Gasteiger partial charge in [-0.1, -0.05) is 36.4 Å². The molecule has 1 aromatic heterocycles. The van der Waals surface area contributed by atoms with Gasteiger partial charge in [-0.15, -0.1) is 0 Å². The van der Waals surface area contributed by atoms with Gasteiger partial charge in [0.15, 0.2) is 0 Å². The zero-order chi connectivity index (χ0) is 16.6. The van der Waals surface area contributed by atoms with E-state index in [1.165, 1.54) is 29.5 Å². The molecule has 126 valence electrons. The first kappa shape index (κ1) is 15.6. The van der Waals surface area contributed by atoms with Gasteiger partial charge in [0, 0.05) is 23.7 Å². The van der Waals surface area contributed by atoms with E-state index in [1.54, 1.807) is 0 Å². The number of piperidine rings is 1. The molecule has 1 saturated heterocycles. The Balaban J connectivity index is 1.43. The summed E-state index contributed by atoms with van der Waals surface area (Å²) in [6.45, 7) is 5.96. The van der Waals surface area contributed by atoms with Crippen LogP contribution in [0, 0.1) is 6.92 Å². The summed E-state index contributed by atoms with van der Waals surface area (Å²) in [4.78, 5) is 2.54. The topological polar surface area (TPSA) is 41.3 Å². The minimum absolute atomic E-state index is 0.137. The summed E-state index contributed by atoms with van der Waals surface area (Å²) in [5.74, 6) is 0. The third kappa shape index (κ3) is 2.70. The molecule has 1 aromatic carbocycles. The number of hydrogen-bond donors (Lipinski definition) is 1. The Morgan fingerprint density at radius 1 is 1.21 bits per heavy atom. The maximum absolute atomic E-state index is 9.06. The number of aromatic nitrogens is 2. The van der Waals surface area contributed by atoms with Crippen LogP contribution >= 0.6 is 0 Å². The number of rotatable bonds is 4. The predicted octanol–water partition coefficient (Wildman–Crippen LogP) is 2.74. The smallest absolute Gasteiger partial charge is 0.0641 e. The van der Waals surface area contributed by atoms with Gasteiger partial charge < -0.3 is 5.11 Å². The van der Waals surface area contributed by atoms with Crippen LogP contribution in [-0.4, -0.2) is 39.5 Å². The monoisotopic (exact) mass is 323 g/mol. The van der Waals surface area contributed by atoms with Crippen molar-refractivity contribution >= 4 is 6.08 Å². The van der Waals surface area contributed by atoms with Gasteiger partial charge in [0.1, 0.15) is 0 Å². The second kappa shape index (κ2) is 6.19. The quantitative estimate of drug-likeness (QED) is 0.941. The van der Waals surface area contributed by atoms with Crippen LogP contribution in [0.5, 0.6) is 0 Å². The highest BCUT2D eigenvalue weighted by Crippen LogP contribution is 2.43. The second-order valence-electron chi connectivity index (χ2n) is 7.08. The molecule has 4 nitrogen and oxygen atoms in total. The van der Waals surface area contributed by atoms with E-state index >= 15 is 0 Å². The van der Waals surface area contributed by atoms with E-state index in [1.807, 2.05) is 4.68 Å². The molecule has 0 saturated carbocycles. The van der Waals surface area contributed by atoms with E-state index in [0.717, 1.165) is 25.3 Å². The van der Waals surface area contributed by atoms with E-state index in [0.29, 0.717) is 6.54 Å². The van der Waals surface area contributed by atoms with E-state index in [2.05, 4.69) is 59.5 Å². The van der Waals surface area contributed by atoms with E-state index in [9.17, 15) is 0 Å². The highest BCUT2D eigenvalue weighted by molar-refractivity contribution is 5.65. The number of allylic oxidation sites excluding steroid dienone is 1. The minimum atomic E-state index is 0.137. The number of benzene rings is 1. The summed E-state index contributed by atoms with van der Waals surface area (Å²) in [5, 5.41) is 13.5. The minimum Gasteiger partial charge on any atom is -0.394 e. The number of nitrogens with zero attached hydrogens (tertiary/aromatic N) is 3. The average Bonchev–Trinajstić information content (AvgIpc) is 3.12. The van der Waals surface area contributed by atoms with Gasteiger partial charge in [0.25, 0.3) is 0 Å². The summed E-state index contributed by atoms with van der Waals surface area (Å²) in [5.41, 5.74) is 5.52. The lowest BCUT2D eigenvalue weighted by molar-refractivity contribution is 0.177. The fraction of sp³-hybridized carbons (Fsp3) is 0.450. The molecule has 1 aliphatic heterocycles. The van der Waals surface area contributed by atoms with Crippen LogP contribution in [0.3, 0.4) is 0 Å². The van der Waals surface area contributed by atoms with Gasteiger partial charge in [-0.05, 0) is 44.0 Å². The van der Waals surface area contributed by atoms with E-state index in [4.69, 9.17) is 5.11 Å². The largest absolute Gasteiger partial charge is 0.394 e. The van der Waals surface area contributed by atoms with Crippen molar-refractivity contribution in [2.75, 3.05) is 19.7 Å². The molecule has 0 atom stereocenters. The molecule has 2 aliphatic rings. The predicted molar refractivity (Wildman–Crippen MR) is 95.7 cm³/mol. The summed E-state index contributed by atoms with van der Waals surface area (Å²) < 4.78 is 1.85. The zero-order valence-electron chi connectivity index (χ0n) is 14.3. The van der Waals surface area contributed by atoms with Crippen LogP contribution in [0.25, 0.3) is 6.08 Å². The Morgan fingerprint density at radius 2 is 2.00 bits per heavy atom. The lowest BCUT2D eigenvalue weighted by Gasteiger charge is -2.39. The molecule has 4 heteroatoms. The number of aryl methyl sites for hydroxylation is 1. The summed E-state index contributed by atoms with van der Waals surface area (Å²) in [6, 6.07) is 8.82. The van der Waals surface area contributed by atoms with Crippen LogP contribution in [0.1, 0.15) is 35.2 Å². The fourth-order valence-corrected chi connectivity index (χ4v) is 4.15. The third-order valence-corrected chi connectivity index (χ3v) is 5.60. The molecular formula is C20H25N3O. The molecular weight excluding hydrogens is 298 g/mol. The Bertz CT molecular complexity index is 754. The first-order valence-electron chi connectivity index (χ1n) is 8.85. The maximum atomic E-state index is 9.06. The van der Waals surface area contributed by atoms with Crippen molar-refractivity contribution in [3.8, 4) is 0 Å². The zero-order valence-corrected chi connectivity index (χ0v) is 14.3. The van der Waals surface area contributed by atoms with Crippen LogP contribution in [0.4, 0.5) is 0 Å². The maximum Gasteiger partial charge on any atom is 0.0641 e. The molecule has 2 heterocycles. The lowest BCUT2D eigenvalue weighted by Crippen LogP contribution is -2.40. The average molecular weight is 323 g/mol. The normalized spacial score (nSPS) is 19.1. The molecule has 4 rings (SSSR count). The van der Waals surface area contributed by atoms with Crippen molar-refractivity contribution in [1.82, 2.24) is 14.7 Å². The number of hydrogen-bond acceptors (Lipinski definition) is 3. The second-order valence-corrected chi connectivity index (χ2v) is 7.08. The Morgan fingerprint density at radius 3 is 2.79 bits per heavy atom. The Kier molecular flexibility index (Phi) is 4.02. The van der Waals surface area contributed by atoms with Gasteiger partial charge in [-0.25, -0.2) is 0 Å². The molecule has 0 bridgehead atoms. The van der Waals surface area contributed by atoms with Crippen LogP contribution in [0.15, 0.2) is 36.5 Å². The number of fused-ring (bicyclic) bond motifs is 2. The van der Waals surface area contributed by atoms with E-state index < -0.39 is 0 Å². The van der Waals surface area contributed by atoms with Gasteiger partial charge in [-0.3, -0.25) is 9.58 Å². The van der Waals surface area contributed by atoms with Crippen molar-refractivity contribution in [2.45, 2.75) is 38.3 Å². The van der Waals surface area contributed by atoms with E-state index in [-0.39, 0.29) is 12.0 Å². The van der Waals surface area contributed by atoms with Crippen LogP contribution in [-0.2, 0) is 18.5 Å². The molecule has 1 spiro atoms. The summed E-state index contributed by atoms with van der Waals surface area (Å²) in [7, 11) is 0. The third-order valence-electron chi connectivity index (χ3n) is 5.60. The van der Waals surface area contributed by atoms with Crippen molar-refractivity contribution in [2.24, 2.45) is 0 Å². The van der Waals surface area contributed by atoms with Crippen molar-refractivity contribution in [3.63, 3.8) is 0 Å². The van der Waals surface area contributed by atoms with Gasteiger partial charge >= 0.3 is 0 Å². The van der Waals surface area contributed by atoms with Crippen LogP contribution < -0.4 is 0 Å². The molecule has 0 unspecified atom stereocenters. The van der Waals surface area contributed by atoms with Gasteiger partial charge in [0.2, 0.25) is 0 Å². The highest BCUT2D eigenvalue weighted by atomic mass is 16.3. The first-order chi connectivity index (χ1) is 11.7. The molecule has 1 N–H and O–H groups in total. The first-order valence-corrected chi connectivity index (χ1v) is 8.85. The number of aliphatic hydroxyl groups is 1. The van der Waals surface area contributed by atoms with Crippen molar-refractivity contribution in [3.05, 3.63) is 58.9 Å². The molecule has 2 aromatic rings. The van der Waals surface area contributed by atoms with Crippen LogP contribution in [0.2, 0.25) is 0 Å². The summed E-state index contributed by atoms with van der Waals surface area (Å²) >= 11 is 0. The molecule has 0 amide bonds. The summed E-state index contributed by atoms with van der Waals surface area (Å²) in [6.07, 6.45) is 9.18. The SMILES string of the molecule is Cc1nn(CCO)cc1CN1CCC2(C=Cc3ccccc32)CC1. The molecule has 24 heavy (non-hydrogen) atoms.